The van der Waals surface area contributed by atoms with E-state index in [1.807, 2.05) is 0 Å². The van der Waals surface area contributed by atoms with Crippen molar-refractivity contribution in [2.24, 2.45) is 0 Å². The number of hydrogen-bond donors (Lipinski definition) is 1. The Hall–Kier alpha value is -1.05. The Balaban J connectivity index is 2.70. The van der Waals surface area contributed by atoms with Crippen LogP contribution in [-0.2, 0) is 0 Å². The average molecular weight is 143 g/mol. The van der Waals surface area contributed by atoms with E-state index in [9.17, 15) is 5.11 Å². The summed E-state index contributed by atoms with van der Waals surface area (Å²) < 4.78 is 59.7. The molecule has 0 spiro atoms. The van der Waals surface area contributed by atoms with E-state index in [1.165, 1.54) is 0 Å². The Labute approximate surface area is 70.8 Å². The molecule has 0 bridgehead atoms. The number of aromatic nitrogens is 1. The summed E-state index contributed by atoms with van der Waals surface area (Å²) in [5, 5.41) is 9.31. The molecule has 1 saturated carbocycles. The maximum absolute atomic E-state index is 9.31. The maximum Gasteiger partial charge on any atom is 0.210 e. The number of pyridine rings is 1. The first-order chi connectivity index (χ1) is 8.00. The maximum atomic E-state index is 9.31. The highest BCUT2D eigenvalue weighted by Crippen LogP contribution is 2.39. The van der Waals surface area contributed by atoms with E-state index in [2.05, 4.69) is 4.98 Å². The van der Waals surface area contributed by atoms with Crippen molar-refractivity contribution in [3.05, 3.63) is 23.8 Å². The fourth-order valence-electron chi connectivity index (χ4n) is 0.576. The molecule has 0 aromatic carbocycles. The van der Waals surface area contributed by atoms with Gasteiger partial charge in [-0.1, -0.05) is 6.04 Å². The summed E-state index contributed by atoms with van der Waals surface area (Å²) in [6.07, 6.45) is -5.13. The van der Waals surface area contributed by atoms with E-state index in [0.29, 0.717) is 0 Å². The van der Waals surface area contributed by atoms with E-state index in [4.69, 9.17) is 11.0 Å². The first kappa shape index (κ1) is 1.76. The van der Waals surface area contributed by atoms with E-state index in [-0.39, 0.29) is 0 Å². The molecule has 1 heterocycles. The third-order valence-electron chi connectivity index (χ3n) is 1.06. The van der Waals surface area contributed by atoms with Gasteiger partial charge in [-0.2, -0.15) is 0 Å². The van der Waals surface area contributed by atoms with Crippen LogP contribution < -0.4 is 0 Å². The van der Waals surface area contributed by atoms with Crippen molar-refractivity contribution in [1.82, 2.24) is 4.98 Å². The van der Waals surface area contributed by atoms with Crippen LogP contribution in [0.15, 0.2) is 18.1 Å². The van der Waals surface area contributed by atoms with Crippen molar-refractivity contribution >= 4 is 0 Å². The van der Waals surface area contributed by atoms with E-state index in [1.54, 1.807) is 0 Å². The molecule has 2 rings (SSSR count). The Kier molecular flexibility index (Phi) is 0.346. The fourth-order valence-corrected chi connectivity index (χ4v) is 0.576. The predicted molar refractivity (Wildman–Crippen MR) is 37.9 cm³/mol. The van der Waals surface area contributed by atoms with Crippen LogP contribution in [-0.4, -0.2) is 10.1 Å². The van der Waals surface area contributed by atoms with Gasteiger partial charge in [-0.25, -0.2) is 4.98 Å². The monoisotopic (exact) mass is 143 g/mol. The Morgan fingerprint density at radius 1 is 1.80 bits per heavy atom. The van der Waals surface area contributed by atoms with Crippen LogP contribution in [0.2, 0.25) is 0 Å². The van der Waals surface area contributed by atoms with Crippen molar-refractivity contribution in [1.29, 1.82) is 0 Å². The highest BCUT2D eigenvalue weighted by Gasteiger charge is 2.24. The molecule has 1 N–H and O–H groups in total. The summed E-state index contributed by atoms with van der Waals surface area (Å²) in [4.78, 5) is 3.35. The van der Waals surface area contributed by atoms with Gasteiger partial charge >= 0.3 is 0 Å². The molecule has 0 saturated heterocycles. The summed E-state index contributed by atoms with van der Waals surface area (Å²) in [5.41, 5.74) is -0.656. The summed E-state index contributed by atoms with van der Waals surface area (Å²) in [5.74, 6) is -3.35. The lowest BCUT2D eigenvalue weighted by Gasteiger charge is -1.95. The molecule has 52 valence electrons. The molecule has 1 aliphatic rings. The Morgan fingerprint density at radius 2 is 2.60 bits per heavy atom. The van der Waals surface area contributed by atoms with Gasteiger partial charge in [-0.3, -0.25) is 0 Å². The predicted octanol–water partition coefficient (Wildman–Crippen LogP) is 1.66. The third-order valence-corrected chi connectivity index (χ3v) is 1.06. The quantitative estimate of drug-likeness (QED) is 0.648. The molecular formula is C8H9NO. The lowest BCUT2D eigenvalue weighted by Crippen LogP contribution is -1.83. The number of hydrogen-bond acceptors (Lipinski definition) is 2. The largest absolute Gasteiger partial charge is 0.493 e. The lowest BCUT2D eigenvalue weighted by atomic mass is 10.2. The molecule has 1 fully saturated rings. The fraction of sp³-hybridized carbons (Fsp3) is 0.375. The van der Waals surface area contributed by atoms with Crippen molar-refractivity contribution in [2.75, 3.05) is 0 Å². The second kappa shape index (κ2) is 1.97. The van der Waals surface area contributed by atoms with Gasteiger partial charge in [0.1, 0.15) is 0 Å². The van der Waals surface area contributed by atoms with Gasteiger partial charge in [0.2, 0.25) is 5.88 Å². The van der Waals surface area contributed by atoms with Crippen LogP contribution in [0.25, 0.3) is 0 Å². The van der Waals surface area contributed by atoms with Crippen LogP contribution in [0, 0.1) is 0 Å². The van der Waals surface area contributed by atoms with Gasteiger partial charge in [0, 0.05) is 24.5 Å². The number of nitrogens with zero attached hydrogens (tertiary/aromatic N) is 1. The van der Waals surface area contributed by atoms with E-state index < -0.39 is 48.3 Å². The zero-order valence-electron chi connectivity index (χ0n) is 12.9. The average Bonchev–Trinajstić information content (AvgIpc) is 2.59. The van der Waals surface area contributed by atoms with Crippen LogP contribution in [0.4, 0.5) is 0 Å². The summed E-state index contributed by atoms with van der Waals surface area (Å²) in [6.45, 7) is 0. The second-order valence-corrected chi connectivity index (χ2v) is 1.78. The minimum absolute atomic E-state index is 0.656. The van der Waals surface area contributed by atoms with E-state index >= 15 is 0 Å². The van der Waals surface area contributed by atoms with Gasteiger partial charge in [0.05, 0.1) is 4.11 Å². The topological polar surface area (TPSA) is 33.1 Å². The first-order valence-corrected chi connectivity index (χ1v) is 2.67. The van der Waals surface area contributed by atoms with Crippen LogP contribution in [0.1, 0.15) is 35.3 Å². The Morgan fingerprint density at radius 3 is 3.30 bits per heavy atom. The van der Waals surface area contributed by atoms with Crippen molar-refractivity contribution in [3.8, 4) is 5.88 Å². The molecule has 1 aromatic heterocycles. The van der Waals surface area contributed by atoms with Gasteiger partial charge in [0.15, 0.2) is 0 Å². The molecule has 0 radical (unpaired) electrons. The number of aromatic hydroxyl groups is 1. The third kappa shape index (κ3) is 0.967. The van der Waals surface area contributed by atoms with Gasteiger partial charge in [-0.15, -0.1) is 0 Å². The van der Waals surface area contributed by atoms with Crippen LogP contribution >= 0.6 is 0 Å². The molecule has 0 amide bonds. The lowest BCUT2D eigenvalue weighted by molar-refractivity contribution is 0.451. The standard InChI is InChI=1S/C8H9NO/c10-8-3-1-2-7(9-8)6-4-5-6/h1-3,6H,4-5H2,(H,9,10)/i1D,2D,3D,4D2,5D2,6D. The SMILES string of the molecule is [2H]c1c(O)nc(C2([2H])C([2H])([2H])C2([2H])[2H])c([2H])c1[2H]. The molecule has 1 aromatic rings. The van der Waals surface area contributed by atoms with Crippen molar-refractivity contribution in [3.63, 3.8) is 0 Å². The van der Waals surface area contributed by atoms with Gasteiger partial charge in [-0.05, 0) is 18.8 Å². The smallest absolute Gasteiger partial charge is 0.210 e. The van der Waals surface area contributed by atoms with Crippen molar-refractivity contribution in [2.45, 2.75) is 18.6 Å². The molecule has 2 heteroatoms. The molecule has 0 atom stereocenters. The highest BCUT2D eigenvalue weighted by atomic mass is 16.3. The van der Waals surface area contributed by atoms with Crippen molar-refractivity contribution < 1.29 is 16.1 Å². The van der Waals surface area contributed by atoms with Gasteiger partial charge in [0.25, 0.3) is 0 Å². The number of rotatable bonds is 1. The summed E-state index contributed by atoms with van der Waals surface area (Å²) in [6, 6.07) is -2.12. The summed E-state index contributed by atoms with van der Waals surface area (Å²) in [7, 11) is 0. The molecule has 1 aliphatic carbocycles. The zero-order valence-corrected chi connectivity index (χ0v) is 4.89. The normalized spacial score (nSPS) is 42.0. The van der Waals surface area contributed by atoms with E-state index in [0.717, 1.165) is 0 Å². The second-order valence-electron chi connectivity index (χ2n) is 1.78. The molecular weight excluding hydrogens is 126 g/mol. The first-order valence-electron chi connectivity index (χ1n) is 6.67. The minimum atomic E-state index is -2.56. The molecule has 0 unspecified atom stereocenters. The minimum Gasteiger partial charge on any atom is -0.493 e. The molecule has 0 aliphatic heterocycles. The zero-order chi connectivity index (χ0) is 14.1. The van der Waals surface area contributed by atoms with Crippen LogP contribution in [0.3, 0.4) is 0 Å². The highest BCUT2D eigenvalue weighted by molar-refractivity contribution is 5.20. The van der Waals surface area contributed by atoms with Crippen LogP contribution in [0.5, 0.6) is 5.88 Å². The van der Waals surface area contributed by atoms with Gasteiger partial charge < -0.3 is 5.11 Å². The Bertz CT molecular complexity index is 528. The molecule has 10 heavy (non-hydrogen) atoms. The molecule has 2 nitrogen and oxygen atoms in total. The summed E-state index contributed by atoms with van der Waals surface area (Å²) >= 11 is 0.